The topological polar surface area (TPSA) is 106 Å². The Balaban J connectivity index is 1.55. The van der Waals surface area contributed by atoms with Crippen molar-refractivity contribution in [1.29, 1.82) is 0 Å². The molecule has 2 N–H and O–H groups in total. The number of nitrogens with one attached hydrogen (secondary N) is 1. The van der Waals surface area contributed by atoms with Gasteiger partial charge >= 0.3 is 0 Å². The Hall–Kier alpha value is -2.72. The number of nitrogens with zero attached hydrogens (tertiary/aromatic N) is 4. The standard InChI is InChI=1S/C26H32ClN5O4/c1-15-23(22-16(2)31-36-17(22)3)29-24(30-25(15)32-12-26(13-32)7-8-34-14-26)20-9-19(5-6-21(20)27)35-11-18(33)10-28-4/h5-6,9,18,28,33H,7-8,10-14H2,1-4H3. The lowest BCUT2D eigenvalue weighted by Crippen LogP contribution is -2.57. The molecule has 2 fully saturated rings. The summed E-state index contributed by atoms with van der Waals surface area (Å²) < 4.78 is 17.0. The summed E-state index contributed by atoms with van der Waals surface area (Å²) in [6.07, 6.45) is 0.447. The number of hydrogen-bond acceptors (Lipinski definition) is 9. The third-order valence-corrected chi connectivity index (χ3v) is 7.32. The van der Waals surface area contributed by atoms with E-state index in [-0.39, 0.29) is 12.0 Å². The van der Waals surface area contributed by atoms with Crippen molar-refractivity contribution < 1.29 is 19.1 Å². The molecule has 3 aromatic rings. The number of aliphatic hydroxyl groups is 1. The number of aryl methyl sites for hydroxylation is 2. The van der Waals surface area contributed by atoms with Crippen LogP contribution in [0.1, 0.15) is 23.4 Å². The molecule has 1 unspecified atom stereocenters. The summed E-state index contributed by atoms with van der Waals surface area (Å²) in [4.78, 5) is 12.3. The van der Waals surface area contributed by atoms with Gasteiger partial charge in [0.1, 0.15) is 30.0 Å². The second kappa shape index (κ2) is 9.97. The van der Waals surface area contributed by atoms with Crippen molar-refractivity contribution in [3.63, 3.8) is 0 Å². The van der Waals surface area contributed by atoms with Gasteiger partial charge in [0.2, 0.25) is 0 Å². The first-order valence-electron chi connectivity index (χ1n) is 12.2. The molecule has 0 bridgehead atoms. The summed E-state index contributed by atoms with van der Waals surface area (Å²) in [6.45, 7) is 9.84. The monoisotopic (exact) mass is 513 g/mol. The molecule has 2 saturated heterocycles. The Bertz CT molecular complexity index is 1230. The van der Waals surface area contributed by atoms with Crippen molar-refractivity contribution >= 4 is 17.4 Å². The molecule has 2 aliphatic heterocycles. The average Bonchev–Trinajstić information content (AvgIpc) is 3.45. The molecule has 0 amide bonds. The first kappa shape index (κ1) is 25.0. The molecule has 1 spiro atoms. The van der Waals surface area contributed by atoms with Crippen LogP contribution in [0.4, 0.5) is 5.82 Å². The number of halogens is 1. The molecule has 9 nitrogen and oxygen atoms in total. The number of anilines is 1. The van der Waals surface area contributed by atoms with Crippen LogP contribution < -0.4 is 15.0 Å². The minimum atomic E-state index is -0.624. The van der Waals surface area contributed by atoms with E-state index in [0.29, 0.717) is 34.5 Å². The third-order valence-electron chi connectivity index (χ3n) is 6.99. The van der Waals surface area contributed by atoms with Gasteiger partial charge in [-0.15, -0.1) is 0 Å². The van der Waals surface area contributed by atoms with Crippen LogP contribution in [0, 0.1) is 26.2 Å². The number of ether oxygens (including phenoxy) is 2. The smallest absolute Gasteiger partial charge is 0.163 e. The van der Waals surface area contributed by atoms with E-state index in [9.17, 15) is 5.11 Å². The molecule has 192 valence electrons. The molecule has 1 aromatic carbocycles. The second-order valence-corrected chi connectivity index (χ2v) is 10.3. The molecule has 36 heavy (non-hydrogen) atoms. The van der Waals surface area contributed by atoms with E-state index < -0.39 is 6.10 Å². The average molecular weight is 514 g/mol. The molecule has 0 aliphatic carbocycles. The molecule has 2 aliphatic rings. The predicted octanol–water partition coefficient (Wildman–Crippen LogP) is 3.56. The van der Waals surface area contributed by atoms with Crippen LogP contribution in [-0.2, 0) is 4.74 Å². The molecule has 0 radical (unpaired) electrons. The van der Waals surface area contributed by atoms with Crippen molar-refractivity contribution in [3.8, 4) is 28.4 Å². The van der Waals surface area contributed by atoms with Crippen molar-refractivity contribution in [2.24, 2.45) is 5.41 Å². The number of benzene rings is 1. The Morgan fingerprint density at radius 3 is 2.72 bits per heavy atom. The van der Waals surface area contributed by atoms with Gasteiger partial charge in [-0.3, -0.25) is 0 Å². The van der Waals surface area contributed by atoms with Crippen LogP contribution in [0.5, 0.6) is 5.75 Å². The van der Waals surface area contributed by atoms with Crippen molar-refractivity contribution in [3.05, 3.63) is 40.2 Å². The van der Waals surface area contributed by atoms with Crippen molar-refractivity contribution in [2.75, 3.05) is 51.4 Å². The first-order chi connectivity index (χ1) is 17.3. The van der Waals surface area contributed by atoms with Gasteiger partial charge in [0.25, 0.3) is 0 Å². The fourth-order valence-corrected chi connectivity index (χ4v) is 5.26. The van der Waals surface area contributed by atoms with E-state index >= 15 is 0 Å². The number of hydrogen-bond donors (Lipinski definition) is 2. The van der Waals surface area contributed by atoms with Gasteiger partial charge in [-0.1, -0.05) is 16.8 Å². The number of aromatic nitrogens is 3. The largest absolute Gasteiger partial charge is 0.491 e. The maximum absolute atomic E-state index is 10.0. The Morgan fingerprint density at radius 2 is 2.06 bits per heavy atom. The fourth-order valence-electron chi connectivity index (χ4n) is 5.06. The van der Waals surface area contributed by atoms with E-state index in [0.717, 1.165) is 61.1 Å². The Kier molecular flexibility index (Phi) is 6.91. The predicted molar refractivity (Wildman–Crippen MR) is 138 cm³/mol. The molecule has 1 atom stereocenters. The first-order valence-corrected chi connectivity index (χ1v) is 12.6. The molecular weight excluding hydrogens is 482 g/mol. The van der Waals surface area contributed by atoms with Crippen LogP contribution in [-0.4, -0.2) is 72.8 Å². The van der Waals surface area contributed by atoms with Crippen molar-refractivity contribution in [2.45, 2.75) is 33.3 Å². The minimum absolute atomic E-state index is 0.157. The van der Waals surface area contributed by atoms with Gasteiger partial charge in [0.05, 0.1) is 28.6 Å². The van der Waals surface area contributed by atoms with Crippen LogP contribution in [0.25, 0.3) is 22.6 Å². The third kappa shape index (κ3) is 4.68. The summed E-state index contributed by atoms with van der Waals surface area (Å²) in [6, 6.07) is 5.37. The quantitative estimate of drug-likeness (QED) is 0.467. The highest BCUT2D eigenvalue weighted by Gasteiger charge is 2.47. The summed E-state index contributed by atoms with van der Waals surface area (Å²) in [5.74, 6) is 2.66. The zero-order valence-corrected chi connectivity index (χ0v) is 21.9. The molecule has 5 rings (SSSR count). The van der Waals surface area contributed by atoms with E-state index in [2.05, 4.69) is 15.4 Å². The van der Waals surface area contributed by atoms with Gasteiger partial charge in [0.15, 0.2) is 5.82 Å². The van der Waals surface area contributed by atoms with Crippen LogP contribution >= 0.6 is 11.6 Å². The van der Waals surface area contributed by atoms with Crippen molar-refractivity contribution in [1.82, 2.24) is 20.4 Å². The zero-order chi connectivity index (χ0) is 25.4. The minimum Gasteiger partial charge on any atom is -0.491 e. The second-order valence-electron chi connectivity index (χ2n) is 9.87. The van der Waals surface area contributed by atoms with Gasteiger partial charge in [-0.25, -0.2) is 9.97 Å². The molecule has 2 aromatic heterocycles. The van der Waals surface area contributed by atoms with Crippen LogP contribution in [0.15, 0.2) is 22.7 Å². The highest BCUT2D eigenvalue weighted by Crippen LogP contribution is 2.44. The Morgan fingerprint density at radius 1 is 1.25 bits per heavy atom. The van der Waals surface area contributed by atoms with Crippen LogP contribution in [0.3, 0.4) is 0 Å². The molecule has 4 heterocycles. The summed E-state index contributed by atoms with van der Waals surface area (Å²) in [5.41, 5.74) is 4.27. The summed E-state index contributed by atoms with van der Waals surface area (Å²) >= 11 is 6.65. The molecular formula is C26H32ClN5O4. The SMILES string of the molecule is CNCC(O)COc1ccc(Cl)c(-c2nc(-c3c(C)noc3C)c(C)c(N3CC4(CCOC4)C3)n2)c1. The van der Waals surface area contributed by atoms with E-state index in [1.807, 2.05) is 26.8 Å². The number of rotatable bonds is 8. The fraction of sp³-hybridized carbons (Fsp3) is 0.500. The number of likely N-dealkylation sites (N-methyl/N-ethyl adjacent to an activating group) is 1. The highest BCUT2D eigenvalue weighted by atomic mass is 35.5. The summed E-state index contributed by atoms with van der Waals surface area (Å²) in [5, 5.41) is 17.6. The molecule has 10 heteroatoms. The van der Waals surface area contributed by atoms with Crippen LogP contribution in [0.2, 0.25) is 5.02 Å². The van der Waals surface area contributed by atoms with Gasteiger partial charge in [-0.2, -0.15) is 0 Å². The van der Waals surface area contributed by atoms with E-state index in [1.54, 1.807) is 19.2 Å². The molecule has 0 saturated carbocycles. The normalized spacial score (nSPS) is 17.4. The van der Waals surface area contributed by atoms with Gasteiger partial charge in [0, 0.05) is 42.8 Å². The highest BCUT2D eigenvalue weighted by molar-refractivity contribution is 6.33. The summed E-state index contributed by atoms with van der Waals surface area (Å²) in [7, 11) is 1.78. The number of aliphatic hydroxyl groups excluding tert-OH is 1. The maximum atomic E-state index is 10.0. The van der Waals surface area contributed by atoms with Gasteiger partial charge < -0.3 is 29.3 Å². The van der Waals surface area contributed by atoms with E-state index in [4.69, 9.17) is 35.6 Å². The lowest BCUT2D eigenvalue weighted by molar-refractivity contribution is 0.108. The zero-order valence-electron chi connectivity index (χ0n) is 21.1. The Labute approximate surface area is 215 Å². The lowest BCUT2D eigenvalue weighted by Gasteiger charge is -2.48. The lowest BCUT2D eigenvalue weighted by atomic mass is 9.79. The van der Waals surface area contributed by atoms with Gasteiger partial charge in [-0.05, 0) is 52.4 Å². The maximum Gasteiger partial charge on any atom is 0.163 e. The van der Waals surface area contributed by atoms with E-state index in [1.165, 1.54) is 0 Å².